The van der Waals surface area contributed by atoms with Gasteiger partial charge in [-0.05, 0) is 64.0 Å². The van der Waals surface area contributed by atoms with E-state index < -0.39 is 0 Å². The number of likely N-dealkylation sites (tertiary alicyclic amines) is 1. The van der Waals surface area contributed by atoms with Gasteiger partial charge in [0.2, 0.25) is 5.91 Å². The number of aryl methyl sites for hydroxylation is 1. The Balaban J connectivity index is 1.67. The van der Waals surface area contributed by atoms with Gasteiger partial charge in [0, 0.05) is 5.69 Å². The number of carbonyl (C=O) groups is 2. The third kappa shape index (κ3) is 3.42. The topological polar surface area (TPSA) is 43.9 Å². The fourth-order valence-electron chi connectivity index (χ4n) is 4.12. The monoisotopic (exact) mass is 377 g/mol. The third-order valence-corrected chi connectivity index (χ3v) is 5.86. The molecule has 4 rings (SSSR count). The zero-order valence-electron chi connectivity index (χ0n) is 16.6. The summed E-state index contributed by atoms with van der Waals surface area (Å²) in [6.45, 7) is 6.18. The van der Waals surface area contributed by atoms with Crippen LogP contribution in [0.15, 0.2) is 48.5 Å². The van der Waals surface area contributed by atoms with Gasteiger partial charge in [0.25, 0.3) is 5.91 Å². The minimum atomic E-state index is -0.193. The fraction of sp³-hybridized carbons (Fsp3) is 0.391. The van der Waals surface area contributed by atoms with Crippen LogP contribution in [-0.4, -0.2) is 42.5 Å². The van der Waals surface area contributed by atoms with E-state index in [1.165, 1.54) is 6.42 Å². The van der Waals surface area contributed by atoms with Crippen molar-refractivity contribution in [3.05, 3.63) is 59.7 Å². The van der Waals surface area contributed by atoms with Crippen LogP contribution < -0.4 is 9.80 Å². The van der Waals surface area contributed by atoms with Crippen molar-refractivity contribution >= 4 is 23.2 Å². The molecule has 28 heavy (non-hydrogen) atoms. The Labute approximate surface area is 166 Å². The van der Waals surface area contributed by atoms with Crippen molar-refractivity contribution in [1.29, 1.82) is 0 Å². The number of para-hydroxylation sites is 1. The van der Waals surface area contributed by atoms with Gasteiger partial charge in [-0.25, -0.2) is 0 Å². The lowest BCUT2D eigenvalue weighted by atomic mass is 10.0. The summed E-state index contributed by atoms with van der Waals surface area (Å²) in [5.41, 5.74) is 3.24. The van der Waals surface area contributed by atoms with Gasteiger partial charge >= 0.3 is 0 Å². The third-order valence-electron chi connectivity index (χ3n) is 5.86. The summed E-state index contributed by atoms with van der Waals surface area (Å²) in [6.07, 6.45) is 3.52. The largest absolute Gasteiger partial charge is 0.292 e. The molecule has 2 aliphatic rings. The standard InChI is InChI=1S/C23H27N3O2/c1-17-10-12-19(13-11-17)25-16-26(21-9-5-4-8-20(21)23(25)28)22(27)18(2)24-14-6-3-7-15-24/h4-5,8-13,18H,3,6-7,14-16H2,1-2H3. The number of benzene rings is 2. The lowest BCUT2D eigenvalue weighted by Gasteiger charge is -2.40. The van der Waals surface area contributed by atoms with Gasteiger partial charge < -0.3 is 0 Å². The van der Waals surface area contributed by atoms with Gasteiger partial charge in [-0.15, -0.1) is 0 Å². The van der Waals surface area contributed by atoms with Gasteiger partial charge in [-0.3, -0.25) is 24.3 Å². The molecule has 2 aliphatic heterocycles. The van der Waals surface area contributed by atoms with Crippen LogP contribution in [0, 0.1) is 6.92 Å². The molecule has 0 radical (unpaired) electrons. The molecule has 2 amide bonds. The molecule has 0 saturated carbocycles. The average molecular weight is 377 g/mol. The molecule has 1 fully saturated rings. The molecule has 146 valence electrons. The SMILES string of the molecule is Cc1ccc(N2CN(C(=O)C(C)N3CCCCC3)c3ccccc3C2=O)cc1. The summed E-state index contributed by atoms with van der Waals surface area (Å²) in [6, 6.07) is 15.1. The Bertz CT molecular complexity index is 872. The molecule has 0 aliphatic carbocycles. The first-order chi connectivity index (χ1) is 13.6. The van der Waals surface area contributed by atoms with Crippen molar-refractivity contribution in [3.8, 4) is 0 Å². The van der Waals surface area contributed by atoms with E-state index in [9.17, 15) is 9.59 Å². The number of fused-ring (bicyclic) bond motifs is 1. The minimum Gasteiger partial charge on any atom is -0.292 e. The first-order valence-corrected chi connectivity index (χ1v) is 10.1. The summed E-state index contributed by atoms with van der Waals surface area (Å²) in [4.78, 5) is 32.3. The quantitative estimate of drug-likeness (QED) is 0.817. The summed E-state index contributed by atoms with van der Waals surface area (Å²) in [5, 5.41) is 0. The Hall–Kier alpha value is -2.66. The molecular weight excluding hydrogens is 350 g/mol. The van der Waals surface area contributed by atoms with Crippen LogP contribution in [0.2, 0.25) is 0 Å². The number of hydrogen-bond donors (Lipinski definition) is 0. The number of nitrogens with zero attached hydrogens (tertiary/aromatic N) is 3. The Morgan fingerprint density at radius 1 is 0.964 bits per heavy atom. The highest BCUT2D eigenvalue weighted by molar-refractivity contribution is 6.15. The van der Waals surface area contributed by atoms with Gasteiger partial charge in [-0.1, -0.05) is 36.2 Å². The van der Waals surface area contributed by atoms with Gasteiger partial charge in [0.15, 0.2) is 0 Å². The molecule has 0 spiro atoms. The smallest absolute Gasteiger partial charge is 0.261 e. The summed E-state index contributed by atoms with van der Waals surface area (Å²) in [5.74, 6) is -0.00640. The van der Waals surface area contributed by atoms with E-state index in [1.54, 1.807) is 9.80 Å². The maximum atomic E-state index is 13.4. The van der Waals surface area contributed by atoms with E-state index in [0.29, 0.717) is 11.3 Å². The first kappa shape index (κ1) is 18.7. The first-order valence-electron chi connectivity index (χ1n) is 10.1. The molecule has 0 bridgehead atoms. The van der Waals surface area contributed by atoms with E-state index >= 15 is 0 Å². The maximum absolute atomic E-state index is 13.4. The second-order valence-electron chi connectivity index (χ2n) is 7.77. The molecule has 1 atom stereocenters. The highest BCUT2D eigenvalue weighted by atomic mass is 16.2. The molecule has 0 N–H and O–H groups in total. The maximum Gasteiger partial charge on any atom is 0.261 e. The number of amides is 2. The lowest BCUT2D eigenvalue weighted by Crippen LogP contribution is -2.55. The van der Waals surface area contributed by atoms with Gasteiger partial charge in [0.1, 0.15) is 6.67 Å². The minimum absolute atomic E-state index is 0.0546. The zero-order chi connectivity index (χ0) is 19.7. The van der Waals surface area contributed by atoms with Crippen molar-refractivity contribution in [2.45, 2.75) is 39.2 Å². The zero-order valence-corrected chi connectivity index (χ0v) is 16.6. The lowest BCUT2D eigenvalue weighted by molar-refractivity contribution is -0.123. The van der Waals surface area contributed by atoms with Crippen molar-refractivity contribution < 1.29 is 9.59 Å². The van der Waals surface area contributed by atoms with Crippen LogP contribution in [0.1, 0.15) is 42.1 Å². The molecule has 1 saturated heterocycles. The second-order valence-corrected chi connectivity index (χ2v) is 7.77. The van der Waals surface area contributed by atoms with Crippen LogP contribution in [0.25, 0.3) is 0 Å². The van der Waals surface area contributed by atoms with Crippen LogP contribution >= 0.6 is 0 Å². The summed E-state index contributed by atoms with van der Waals surface area (Å²) < 4.78 is 0. The molecule has 2 aromatic carbocycles. The van der Waals surface area contributed by atoms with E-state index in [0.717, 1.165) is 37.2 Å². The van der Waals surface area contributed by atoms with Crippen molar-refractivity contribution in [2.24, 2.45) is 0 Å². The highest BCUT2D eigenvalue weighted by Gasteiger charge is 2.36. The van der Waals surface area contributed by atoms with Crippen LogP contribution in [-0.2, 0) is 4.79 Å². The van der Waals surface area contributed by atoms with Gasteiger partial charge in [0.05, 0.1) is 17.3 Å². The van der Waals surface area contributed by atoms with Crippen LogP contribution in [0.5, 0.6) is 0 Å². The van der Waals surface area contributed by atoms with E-state index in [1.807, 2.05) is 62.4 Å². The van der Waals surface area contributed by atoms with E-state index in [4.69, 9.17) is 0 Å². The molecule has 0 aromatic heterocycles. The molecule has 2 aromatic rings. The molecule has 1 unspecified atom stereocenters. The molecule has 5 heteroatoms. The highest BCUT2D eigenvalue weighted by Crippen LogP contribution is 2.31. The predicted molar refractivity (Wildman–Crippen MR) is 112 cm³/mol. The number of carbonyl (C=O) groups excluding carboxylic acids is 2. The summed E-state index contributed by atoms with van der Waals surface area (Å²) in [7, 11) is 0. The Morgan fingerprint density at radius 2 is 1.64 bits per heavy atom. The van der Waals surface area contributed by atoms with Crippen LogP contribution in [0.4, 0.5) is 11.4 Å². The summed E-state index contributed by atoms with van der Waals surface area (Å²) >= 11 is 0. The van der Waals surface area contributed by atoms with Gasteiger partial charge in [-0.2, -0.15) is 0 Å². The number of piperidine rings is 1. The van der Waals surface area contributed by atoms with Crippen molar-refractivity contribution in [2.75, 3.05) is 29.6 Å². The Morgan fingerprint density at radius 3 is 2.36 bits per heavy atom. The second kappa shape index (κ2) is 7.76. The van der Waals surface area contributed by atoms with E-state index in [2.05, 4.69) is 4.90 Å². The number of anilines is 2. The Kier molecular flexibility index (Phi) is 5.18. The average Bonchev–Trinajstić information content (AvgIpc) is 2.74. The normalized spacial score (nSPS) is 18.7. The van der Waals surface area contributed by atoms with Crippen molar-refractivity contribution in [1.82, 2.24) is 4.90 Å². The molecular formula is C23H27N3O2. The van der Waals surface area contributed by atoms with E-state index in [-0.39, 0.29) is 24.5 Å². The van der Waals surface area contributed by atoms with Crippen LogP contribution in [0.3, 0.4) is 0 Å². The predicted octanol–water partition coefficient (Wildman–Crippen LogP) is 3.82. The molecule has 5 nitrogen and oxygen atoms in total. The number of rotatable bonds is 3. The molecule has 2 heterocycles. The number of hydrogen-bond acceptors (Lipinski definition) is 3. The van der Waals surface area contributed by atoms with Crippen molar-refractivity contribution in [3.63, 3.8) is 0 Å². The fourth-order valence-corrected chi connectivity index (χ4v) is 4.12.